The molecule has 4 heteroatoms. The van der Waals surface area contributed by atoms with Gasteiger partial charge in [-0.25, -0.2) is 0 Å². The van der Waals surface area contributed by atoms with Crippen LogP contribution in [0.5, 0.6) is 11.5 Å². The van der Waals surface area contributed by atoms with E-state index in [4.69, 9.17) is 9.47 Å². The van der Waals surface area contributed by atoms with Gasteiger partial charge in [0.15, 0.2) is 0 Å². The van der Waals surface area contributed by atoms with Crippen molar-refractivity contribution in [1.29, 1.82) is 0 Å². The van der Waals surface area contributed by atoms with E-state index in [2.05, 4.69) is 18.4 Å². The molecular weight excluding hydrogens is 240 g/mol. The minimum Gasteiger partial charge on any atom is -0.497 e. The van der Waals surface area contributed by atoms with E-state index < -0.39 is 0 Å². The summed E-state index contributed by atoms with van der Waals surface area (Å²) >= 11 is 0. The van der Waals surface area contributed by atoms with Crippen molar-refractivity contribution in [2.24, 2.45) is 0 Å². The van der Waals surface area contributed by atoms with Crippen molar-refractivity contribution in [1.82, 2.24) is 0 Å². The van der Waals surface area contributed by atoms with Crippen LogP contribution in [0.15, 0.2) is 18.2 Å². The van der Waals surface area contributed by atoms with Crippen LogP contribution in [-0.4, -0.2) is 40.4 Å². The molecular formula is C15H26N2O2+2. The number of rotatable bonds is 5. The second-order valence-electron chi connectivity index (χ2n) is 5.41. The number of benzene rings is 1. The Hall–Kier alpha value is -1.26. The quantitative estimate of drug-likeness (QED) is 0.750. The number of methoxy groups -OCH3 is 2. The highest BCUT2D eigenvalue weighted by Gasteiger charge is 2.22. The molecule has 1 saturated heterocycles. The van der Waals surface area contributed by atoms with Crippen molar-refractivity contribution in [2.75, 3.05) is 34.4 Å². The molecule has 0 radical (unpaired) electrons. The Morgan fingerprint density at radius 3 is 2.58 bits per heavy atom. The zero-order chi connectivity index (χ0) is 13.7. The molecule has 0 atom stereocenters. The molecule has 1 heterocycles. The number of nitrogens with one attached hydrogen (secondary N) is 1. The Kier molecular flexibility index (Phi) is 5.05. The number of nitrogens with two attached hydrogens (primary N) is 1. The first kappa shape index (κ1) is 14.2. The Labute approximate surface area is 115 Å². The second-order valence-corrected chi connectivity index (χ2v) is 5.41. The maximum Gasteiger partial charge on any atom is 0.131 e. The summed E-state index contributed by atoms with van der Waals surface area (Å²) in [7, 11) is 5.68. The third-order valence-corrected chi connectivity index (χ3v) is 4.05. The van der Waals surface area contributed by atoms with Crippen LogP contribution in [0.2, 0.25) is 0 Å². The Balaban J connectivity index is 1.91. The molecule has 3 N–H and O–H groups in total. The van der Waals surface area contributed by atoms with Gasteiger partial charge in [-0.2, -0.15) is 0 Å². The summed E-state index contributed by atoms with van der Waals surface area (Å²) < 4.78 is 10.7. The predicted octanol–water partition coefficient (Wildman–Crippen LogP) is -0.556. The van der Waals surface area contributed by atoms with E-state index in [9.17, 15) is 0 Å². The monoisotopic (exact) mass is 266 g/mol. The van der Waals surface area contributed by atoms with Crippen LogP contribution in [0.1, 0.15) is 18.4 Å². The Bertz CT molecular complexity index is 401. The van der Waals surface area contributed by atoms with Crippen LogP contribution in [0.25, 0.3) is 0 Å². The summed E-state index contributed by atoms with van der Waals surface area (Å²) in [5, 5.41) is 2.46. The van der Waals surface area contributed by atoms with E-state index in [1.54, 1.807) is 19.1 Å². The average Bonchev–Trinajstić information content (AvgIpc) is 2.46. The predicted molar refractivity (Wildman–Crippen MR) is 74.8 cm³/mol. The molecule has 0 unspecified atom stereocenters. The maximum atomic E-state index is 5.44. The average molecular weight is 266 g/mol. The summed E-state index contributed by atoms with van der Waals surface area (Å²) in [6.45, 7) is 3.57. The SMILES string of the molecule is COc1ccc(C[NH2+]C2CC[NH+](C)CC2)c(OC)c1. The highest BCUT2D eigenvalue weighted by Crippen LogP contribution is 2.23. The van der Waals surface area contributed by atoms with Crippen LogP contribution in [0.3, 0.4) is 0 Å². The first-order valence-corrected chi connectivity index (χ1v) is 7.08. The molecule has 106 valence electrons. The molecule has 1 aliphatic rings. The summed E-state index contributed by atoms with van der Waals surface area (Å²) in [4.78, 5) is 1.66. The number of ether oxygens (including phenoxy) is 2. The molecule has 1 aliphatic heterocycles. The molecule has 0 bridgehead atoms. The van der Waals surface area contributed by atoms with Gasteiger partial charge in [-0.15, -0.1) is 0 Å². The number of likely N-dealkylation sites (tertiary alicyclic amines) is 1. The molecule has 0 amide bonds. The molecule has 2 rings (SSSR count). The minimum absolute atomic E-state index is 0.760. The summed E-state index contributed by atoms with van der Waals surface area (Å²) in [6.07, 6.45) is 2.62. The first-order chi connectivity index (χ1) is 9.22. The molecule has 0 aliphatic carbocycles. The molecule has 0 aromatic heterocycles. The van der Waals surface area contributed by atoms with E-state index in [-0.39, 0.29) is 0 Å². The molecule has 19 heavy (non-hydrogen) atoms. The van der Waals surface area contributed by atoms with E-state index >= 15 is 0 Å². The summed E-state index contributed by atoms with van der Waals surface area (Å²) in [5.74, 6) is 1.78. The van der Waals surface area contributed by atoms with E-state index in [1.165, 1.54) is 31.5 Å². The Morgan fingerprint density at radius 2 is 1.95 bits per heavy atom. The molecule has 1 aromatic rings. The zero-order valence-corrected chi connectivity index (χ0v) is 12.2. The number of hydrogen-bond acceptors (Lipinski definition) is 2. The fourth-order valence-electron chi connectivity index (χ4n) is 2.68. The molecule has 0 spiro atoms. The number of piperidine rings is 1. The minimum atomic E-state index is 0.760. The third kappa shape index (κ3) is 3.85. The highest BCUT2D eigenvalue weighted by atomic mass is 16.5. The first-order valence-electron chi connectivity index (χ1n) is 7.08. The smallest absolute Gasteiger partial charge is 0.131 e. The van der Waals surface area contributed by atoms with Gasteiger partial charge in [-0.1, -0.05) is 0 Å². The number of hydrogen-bond donors (Lipinski definition) is 2. The van der Waals surface area contributed by atoms with Crippen LogP contribution in [-0.2, 0) is 6.54 Å². The molecule has 1 aromatic carbocycles. The third-order valence-electron chi connectivity index (χ3n) is 4.05. The zero-order valence-electron chi connectivity index (χ0n) is 12.2. The van der Waals surface area contributed by atoms with Gasteiger partial charge in [0.2, 0.25) is 0 Å². The number of quaternary nitrogens is 2. The largest absolute Gasteiger partial charge is 0.497 e. The van der Waals surface area contributed by atoms with Gasteiger partial charge in [0, 0.05) is 24.5 Å². The van der Waals surface area contributed by atoms with Crippen molar-refractivity contribution in [3.8, 4) is 11.5 Å². The van der Waals surface area contributed by atoms with Gasteiger partial charge < -0.3 is 19.7 Å². The van der Waals surface area contributed by atoms with Crippen molar-refractivity contribution >= 4 is 0 Å². The van der Waals surface area contributed by atoms with Gasteiger partial charge in [-0.3, -0.25) is 0 Å². The van der Waals surface area contributed by atoms with Crippen LogP contribution in [0, 0.1) is 0 Å². The highest BCUT2D eigenvalue weighted by molar-refractivity contribution is 5.40. The lowest BCUT2D eigenvalue weighted by Gasteiger charge is -2.25. The summed E-state index contributed by atoms with van der Waals surface area (Å²) in [5.41, 5.74) is 1.24. The van der Waals surface area contributed by atoms with Crippen molar-refractivity contribution < 1.29 is 19.7 Å². The van der Waals surface area contributed by atoms with Gasteiger partial charge in [0.1, 0.15) is 18.0 Å². The fourth-order valence-corrected chi connectivity index (χ4v) is 2.68. The topological polar surface area (TPSA) is 39.5 Å². The summed E-state index contributed by atoms with van der Waals surface area (Å²) in [6, 6.07) is 6.83. The lowest BCUT2D eigenvalue weighted by atomic mass is 10.0. The normalized spacial score (nSPS) is 23.1. The fraction of sp³-hybridized carbons (Fsp3) is 0.600. The van der Waals surface area contributed by atoms with Gasteiger partial charge in [-0.05, 0) is 12.1 Å². The van der Waals surface area contributed by atoms with E-state index in [0.29, 0.717) is 0 Å². The van der Waals surface area contributed by atoms with Gasteiger partial charge in [0.25, 0.3) is 0 Å². The van der Waals surface area contributed by atoms with Crippen molar-refractivity contribution in [2.45, 2.75) is 25.4 Å². The van der Waals surface area contributed by atoms with E-state index in [0.717, 1.165) is 24.1 Å². The van der Waals surface area contributed by atoms with Gasteiger partial charge in [0.05, 0.1) is 40.4 Å². The lowest BCUT2D eigenvalue weighted by molar-refractivity contribution is -0.894. The van der Waals surface area contributed by atoms with Gasteiger partial charge >= 0.3 is 0 Å². The Morgan fingerprint density at radius 1 is 1.21 bits per heavy atom. The standard InChI is InChI=1S/C15H24N2O2/c1-17-8-6-13(7-9-17)16-11-12-4-5-14(18-2)10-15(12)19-3/h4-5,10,13,16H,6-9,11H2,1-3H3/p+2. The molecule has 1 fully saturated rings. The molecule has 0 saturated carbocycles. The van der Waals surface area contributed by atoms with E-state index in [1.807, 2.05) is 12.1 Å². The van der Waals surface area contributed by atoms with Crippen molar-refractivity contribution in [3.63, 3.8) is 0 Å². The lowest BCUT2D eigenvalue weighted by Crippen LogP contribution is -3.12. The van der Waals surface area contributed by atoms with Crippen LogP contribution < -0.4 is 19.7 Å². The van der Waals surface area contributed by atoms with Crippen LogP contribution >= 0.6 is 0 Å². The van der Waals surface area contributed by atoms with Crippen LogP contribution in [0.4, 0.5) is 0 Å². The second kappa shape index (κ2) is 6.78. The maximum absolute atomic E-state index is 5.44. The van der Waals surface area contributed by atoms with Crippen molar-refractivity contribution in [3.05, 3.63) is 23.8 Å². The molecule has 4 nitrogen and oxygen atoms in total.